The average Bonchev–Trinajstić information content (AvgIpc) is 2.89. The minimum absolute atomic E-state index is 0.0137. The Kier molecular flexibility index (Phi) is 5.65. The smallest absolute Gasteiger partial charge is 0.435 e. The zero-order valence-electron chi connectivity index (χ0n) is 12.8. The largest absolute Gasteiger partial charge is 0.493 e. The fourth-order valence-electron chi connectivity index (χ4n) is 2.25. The van der Waals surface area contributed by atoms with Gasteiger partial charge >= 0.3 is 6.18 Å². The van der Waals surface area contributed by atoms with E-state index in [2.05, 4.69) is 5.10 Å². The Bertz CT molecular complexity index is 638. The maximum absolute atomic E-state index is 12.9. The zero-order valence-corrected chi connectivity index (χ0v) is 12.8. The molecule has 0 amide bonds. The fraction of sp³-hybridized carbons (Fsp3) is 0.438. The molecule has 1 N–H and O–H groups in total. The molecular formula is C16H19F3N2O2. The Morgan fingerprint density at radius 2 is 2.00 bits per heavy atom. The third-order valence-electron chi connectivity index (χ3n) is 3.37. The lowest BCUT2D eigenvalue weighted by atomic mass is 10.2. The number of halogens is 3. The summed E-state index contributed by atoms with van der Waals surface area (Å²) in [4.78, 5) is 0. The predicted octanol–water partition coefficient (Wildman–Crippen LogP) is 3.21. The van der Waals surface area contributed by atoms with E-state index in [0.29, 0.717) is 19.6 Å². The Hall–Kier alpha value is -2.02. The van der Waals surface area contributed by atoms with E-state index in [9.17, 15) is 13.2 Å². The quantitative estimate of drug-likeness (QED) is 0.794. The summed E-state index contributed by atoms with van der Waals surface area (Å²) in [5.74, 6) is 0.768. The van der Waals surface area contributed by atoms with Crippen LogP contribution in [0.15, 0.2) is 30.5 Å². The van der Waals surface area contributed by atoms with Crippen molar-refractivity contribution in [3.05, 3.63) is 47.3 Å². The normalized spacial score (nSPS) is 11.7. The number of para-hydroxylation sites is 1. The number of rotatable bonds is 7. The van der Waals surface area contributed by atoms with Crippen LogP contribution in [0.3, 0.4) is 0 Å². The lowest BCUT2D eigenvalue weighted by Gasteiger charge is -2.08. The molecule has 4 nitrogen and oxygen atoms in total. The third-order valence-corrected chi connectivity index (χ3v) is 3.37. The molecule has 0 unspecified atom stereocenters. The van der Waals surface area contributed by atoms with Crippen molar-refractivity contribution >= 4 is 0 Å². The van der Waals surface area contributed by atoms with E-state index >= 15 is 0 Å². The first kappa shape index (κ1) is 17.3. The molecule has 7 heteroatoms. The van der Waals surface area contributed by atoms with Crippen LogP contribution in [0.2, 0.25) is 0 Å². The molecule has 0 atom stereocenters. The van der Waals surface area contributed by atoms with Crippen molar-refractivity contribution in [2.75, 3.05) is 13.2 Å². The number of aromatic nitrogens is 2. The lowest BCUT2D eigenvalue weighted by molar-refractivity contribution is -0.142. The molecule has 23 heavy (non-hydrogen) atoms. The summed E-state index contributed by atoms with van der Waals surface area (Å²) in [5.41, 5.74) is 0.0994. The fourth-order valence-corrected chi connectivity index (χ4v) is 2.25. The SMILES string of the molecule is Cc1ccccc1OCCCn1cc(CCO)c(C(F)(F)F)n1. The minimum atomic E-state index is -4.51. The highest BCUT2D eigenvalue weighted by Gasteiger charge is 2.36. The van der Waals surface area contributed by atoms with Crippen LogP contribution in [0.4, 0.5) is 13.2 Å². The number of alkyl halides is 3. The maximum atomic E-state index is 12.9. The average molecular weight is 328 g/mol. The van der Waals surface area contributed by atoms with Gasteiger partial charge in [0.15, 0.2) is 5.69 Å². The van der Waals surface area contributed by atoms with Crippen LogP contribution in [0.25, 0.3) is 0 Å². The third kappa shape index (κ3) is 4.72. The van der Waals surface area contributed by atoms with E-state index < -0.39 is 11.9 Å². The Morgan fingerprint density at radius 1 is 1.26 bits per heavy atom. The summed E-state index contributed by atoms with van der Waals surface area (Å²) in [6, 6.07) is 7.56. The van der Waals surface area contributed by atoms with Crippen LogP contribution < -0.4 is 4.74 Å². The highest BCUT2D eigenvalue weighted by molar-refractivity contribution is 5.31. The molecule has 1 heterocycles. The zero-order chi connectivity index (χ0) is 16.9. The van der Waals surface area contributed by atoms with Gasteiger partial charge < -0.3 is 9.84 Å². The van der Waals surface area contributed by atoms with Gasteiger partial charge in [-0.3, -0.25) is 4.68 Å². The van der Waals surface area contributed by atoms with E-state index in [0.717, 1.165) is 11.3 Å². The topological polar surface area (TPSA) is 47.3 Å². The van der Waals surface area contributed by atoms with Crippen molar-refractivity contribution in [1.29, 1.82) is 0 Å². The van der Waals surface area contributed by atoms with Gasteiger partial charge in [-0.1, -0.05) is 18.2 Å². The van der Waals surface area contributed by atoms with Gasteiger partial charge in [-0.25, -0.2) is 0 Å². The maximum Gasteiger partial charge on any atom is 0.435 e. The molecule has 0 bridgehead atoms. The van der Waals surface area contributed by atoms with Crippen molar-refractivity contribution in [2.45, 2.75) is 32.5 Å². The molecule has 1 aromatic carbocycles. The van der Waals surface area contributed by atoms with Gasteiger partial charge in [0.2, 0.25) is 0 Å². The highest BCUT2D eigenvalue weighted by atomic mass is 19.4. The number of aliphatic hydroxyl groups is 1. The molecule has 126 valence electrons. The first-order valence-electron chi connectivity index (χ1n) is 7.34. The molecule has 1 aromatic heterocycles. The standard InChI is InChI=1S/C16H19F3N2O2/c1-12-5-2-3-6-14(12)23-10-4-8-21-11-13(7-9-22)15(20-21)16(17,18)19/h2-3,5-6,11,22H,4,7-10H2,1H3. The Balaban J connectivity index is 1.92. The molecule has 0 spiro atoms. The molecule has 2 aromatic rings. The number of aryl methyl sites for hydroxylation is 2. The van der Waals surface area contributed by atoms with Gasteiger partial charge in [0.05, 0.1) is 6.61 Å². The summed E-state index contributed by atoms with van der Waals surface area (Å²) >= 11 is 0. The number of hydrogen-bond donors (Lipinski definition) is 1. The van der Waals surface area contributed by atoms with Crippen LogP contribution in [-0.4, -0.2) is 28.1 Å². The summed E-state index contributed by atoms with van der Waals surface area (Å²) in [5, 5.41) is 12.4. The molecule has 0 fully saturated rings. The second kappa shape index (κ2) is 7.50. The number of nitrogens with zero attached hydrogens (tertiary/aromatic N) is 2. The monoisotopic (exact) mass is 328 g/mol. The molecule has 0 aliphatic carbocycles. The Labute approximate surface area is 132 Å². The van der Waals surface area contributed by atoms with Crippen LogP contribution in [0.1, 0.15) is 23.2 Å². The van der Waals surface area contributed by atoms with Crippen molar-refractivity contribution in [3.8, 4) is 5.75 Å². The van der Waals surface area contributed by atoms with Crippen LogP contribution in [0.5, 0.6) is 5.75 Å². The van der Waals surface area contributed by atoms with Crippen LogP contribution in [0, 0.1) is 6.92 Å². The van der Waals surface area contributed by atoms with E-state index in [-0.39, 0.29) is 18.6 Å². The summed E-state index contributed by atoms with van der Waals surface area (Å²) < 4.78 is 45.4. The number of hydrogen-bond acceptors (Lipinski definition) is 3. The molecule has 0 radical (unpaired) electrons. The molecule has 0 aliphatic heterocycles. The second-order valence-corrected chi connectivity index (χ2v) is 5.20. The summed E-state index contributed by atoms with van der Waals surface area (Å²) in [6.45, 7) is 2.30. The van der Waals surface area contributed by atoms with Gasteiger partial charge in [-0.15, -0.1) is 0 Å². The summed E-state index contributed by atoms with van der Waals surface area (Å²) in [7, 11) is 0. The van der Waals surface area contributed by atoms with Crippen molar-refractivity contribution < 1.29 is 23.0 Å². The highest BCUT2D eigenvalue weighted by Crippen LogP contribution is 2.30. The van der Waals surface area contributed by atoms with Gasteiger partial charge in [0.25, 0.3) is 0 Å². The first-order chi connectivity index (χ1) is 10.9. The van der Waals surface area contributed by atoms with Crippen LogP contribution >= 0.6 is 0 Å². The van der Waals surface area contributed by atoms with E-state index in [1.165, 1.54) is 10.9 Å². The molecular weight excluding hydrogens is 309 g/mol. The van der Waals surface area contributed by atoms with E-state index in [4.69, 9.17) is 9.84 Å². The van der Waals surface area contributed by atoms with Crippen LogP contribution in [-0.2, 0) is 19.1 Å². The molecule has 2 rings (SSSR count). The van der Waals surface area contributed by atoms with E-state index in [1.807, 2.05) is 31.2 Å². The Morgan fingerprint density at radius 3 is 2.65 bits per heavy atom. The van der Waals surface area contributed by atoms with Gasteiger partial charge in [-0.05, 0) is 25.0 Å². The molecule has 0 saturated heterocycles. The molecule has 0 saturated carbocycles. The minimum Gasteiger partial charge on any atom is -0.493 e. The van der Waals surface area contributed by atoms with Gasteiger partial charge in [0, 0.05) is 31.3 Å². The number of ether oxygens (including phenoxy) is 1. The van der Waals surface area contributed by atoms with Crippen molar-refractivity contribution in [2.24, 2.45) is 0 Å². The number of benzene rings is 1. The predicted molar refractivity (Wildman–Crippen MR) is 79.3 cm³/mol. The molecule has 0 aliphatic rings. The summed E-state index contributed by atoms with van der Waals surface area (Å²) in [6.07, 6.45) is -2.69. The van der Waals surface area contributed by atoms with E-state index in [1.54, 1.807) is 0 Å². The van der Waals surface area contributed by atoms with Gasteiger partial charge in [-0.2, -0.15) is 18.3 Å². The van der Waals surface area contributed by atoms with Crippen molar-refractivity contribution in [3.63, 3.8) is 0 Å². The first-order valence-corrected chi connectivity index (χ1v) is 7.34. The number of aliphatic hydroxyl groups excluding tert-OH is 1. The van der Waals surface area contributed by atoms with Gasteiger partial charge in [0.1, 0.15) is 5.75 Å². The lowest BCUT2D eigenvalue weighted by Crippen LogP contribution is -2.11. The van der Waals surface area contributed by atoms with Crippen molar-refractivity contribution in [1.82, 2.24) is 9.78 Å². The second-order valence-electron chi connectivity index (χ2n) is 5.20.